The molecule has 1 fully saturated rings. The van der Waals surface area contributed by atoms with E-state index in [9.17, 15) is 0 Å². The van der Waals surface area contributed by atoms with Crippen molar-refractivity contribution in [2.45, 2.75) is 52.1 Å². The Morgan fingerprint density at radius 2 is 1.84 bits per heavy atom. The summed E-state index contributed by atoms with van der Waals surface area (Å²) in [5.41, 5.74) is 2.90. The van der Waals surface area contributed by atoms with E-state index in [1.54, 1.807) is 0 Å². The highest BCUT2D eigenvalue weighted by Crippen LogP contribution is 2.19. The van der Waals surface area contributed by atoms with Crippen molar-refractivity contribution >= 4 is 0 Å². The maximum Gasteiger partial charge on any atom is 0.0237 e. The van der Waals surface area contributed by atoms with Crippen molar-refractivity contribution in [2.75, 3.05) is 19.6 Å². The summed E-state index contributed by atoms with van der Waals surface area (Å²) < 4.78 is 0. The Balaban J connectivity index is 1.93. The van der Waals surface area contributed by atoms with Crippen LogP contribution in [0.5, 0.6) is 0 Å². The molecule has 0 aromatic heterocycles. The third-order valence-electron chi connectivity index (χ3n) is 4.20. The van der Waals surface area contributed by atoms with Gasteiger partial charge in [0.1, 0.15) is 0 Å². The van der Waals surface area contributed by atoms with Gasteiger partial charge in [0.25, 0.3) is 0 Å². The molecule has 2 nitrogen and oxygen atoms in total. The molecule has 2 rings (SSSR count). The van der Waals surface area contributed by atoms with E-state index in [1.165, 1.54) is 36.9 Å². The third kappa shape index (κ3) is 4.32. The van der Waals surface area contributed by atoms with Crippen LogP contribution in [0.15, 0.2) is 24.3 Å². The number of rotatable bonds is 6. The Labute approximate surface area is 118 Å². The molecule has 0 bridgehead atoms. The van der Waals surface area contributed by atoms with Gasteiger partial charge in [0, 0.05) is 19.1 Å². The number of benzene rings is 1. The Hall–Kier alpha value is -0.860. The van der Waals surface area contributed by atoms with Gasteiger partial charge >= 0.3 is 0 Å². The average molecular weight is 260 g/mol. The lowest BCUT2D eigenvalue weighted by molar-refractivity contribution is 0.138. The Morgan fingerprint density at radius 1 is 1.11 bits per heavy atom. The molecule has 1 atom stereocenters. The van der Waals surface area contributed by atoms with E-state index in [2.05, 4.69) is 48.3 Å². The monoisotopic (exact) mass is 260 g/mol. The summed E-state index contributed by atoms with van der Waals surface area (Å²) in [5.74, 6) is 0. The van der Waals surface area contributed by atoms with E-state index in [0.717, 1.165) is 32.1 Å². The van der Waals surface area contributed by atoms with E-state index in [4.69, 9.17) is 0 Å². The van der Waals surface area contributed by atoms with E-state index in [1.807, 2.05) is 0 Å². The molecule has 0 radical (unpaired) electrons. The van der Waals surface area contributed by atoms with Crippen LogP contribution < -0.4 is 5.32 Å². The highest BCUT2D eigenvalue weighted by atomic mass is 15.2. The van der Waals surface area contributed by atoms with Gasteiger partial charge in [-0.05, 0) is 43.5 Å². The summed E-state index contributed by atoms with van der Waals surface area (Å²) >= 11 is 0. The minimum atomic E-state index is 0.722. The summed E-state index contributed by atoms with van der Waals surface area (Å²) in [5, 5.41) is 3.51. The van der Waals surface area contributed by atoms with Crippen LogP contribution in [-0.2, 0) is 13.0 Å². The van der Waals surface area contributed by atoms with Crippen molar-refractivity contribution < 1.29 is 0 Å². The Morgan fingerprint density at radius 3 is 2.53 bits per heavy atom. The molecule has 19 heavy (non-hydrogen) atoms. The van der Waals surface area contributed by atoms with E-state index < -0.39 is 0 Å². The maximum atomic E-state index is 3.51. The van der Waals surface area contributed by atoms with Crippen molar-refractivity contribution in [3.05, 3.63) is 35.4 Å². The molecular weight excluding hydrogens is 232 g/mol. The van der Waals surface area contributed by atoms with Crippen molar-refractivity contribution in [3.8, 4) is 0 Å². The molecule has 1 unspecified atom stereocenters. The first kappa shape index (κ1) is 14.5. The zero-order chi connectivity index (χ0) is 13.5. The third-order valence-corrected chi connectivity index (χ3v) is 4.20. The number of aryl methyl sites for hydroxylation is 1. The second-order valence-electron chi connectivity index (χ2n) is 5.60. The average Bonchev–Trinajstić information content (AvgIpc) is 2.47. The second-order valence-corrected chi connectivity index (χ2v) is 5.60. The van der Waals surface area contributed by atoms with Crippen LogP contribution in [0.1, 0.15) is 44.2 Å². The van der Waals surface area contributed by atoms with E-state index in [-0.39, 0.29) is 0 Å². The second kappa shape index (κ2) is 7.66. The van der Waals surface area contributed by atoms with Crippen LogP contribution in [0.3, 0.4) is 0 Å². The molecule has 106 valence electrons. The quantitative estimate of drug-likeness (QED) is 0.845. The van der Waals surface area contributed by atoms with Crippen LogP contribution in [0.2, 0.25) is 0 Å². The molecule has 1 aromatic carbocycles. The predicted molar refractivity (Wildman–Crippen MR) is 82.4 cm³/mol. The number of likely N-dealkylation sites (N-methyl/N-ethyl adjacent to an activating group) is 1. The summed E-state index contributed by atoms with van der Waals surface area (Å²) in [6, 6.07) is 9.88. The lowest BCUT2D eigenvalue weighted by Gasteiger charge is -2.36. The van der Waals surface area contributed by atoms with E-state index in [0.29, 0.717) is 0 Å². The molecule has 1 aliphatic heterocycles. The standard InChI is InChI=1S/C17H28N2/c1-3-15-8-10-16(11-9-15)14-19-12-6-5-7-17(19)13-18-4-2/h8-11,17-18H,3-7,12-14H2,1-2H3. The molecule has 0 spiro atoms. The smallest absolute Gasteiger partial charge is 0.0237 e. The molecule has 2 heteroatoms. The van der Waals surface area contributed by atoms with Gasteiger partial charge in [0.2, 0.25) is 0 Å². The van der Waals surface area contributed by atoms with Gasteiger partial charge < -0.3 is 5.32 Å². The lowest BCUT2D eigenvalue weighted by atomic mass is 10.0. The van der Waals surface area contributed by atoms with Crippen LogP contribution in [0.4, 0.5) is 0 Å². The molecule has 1 aliphatic rings. The number of hydrogen-bond donors (Lipinski definition) is 1. The number of likely N-dealkylation sites (tertiary alicyclic amines) is 1. The van der Waals surface area contributed by atoms with Gasteiger partial charge in [-0.1, -0.05) is 44.5 Å². The first-order chi connectivity index (χ1) is 9.33. The Bertz CT molecular complexity index is 358. The number of piperidine rings is 1. The summed E-state index contributed by atoms with van der Waals surface area (Å²) in [6.07, 6.45) is 5.23. The van der Waals surface area contributed by atoms with Crippen molar-refractivity contribution in [1.29, 1.82) is 0 Å². The van der Waals surface area contributed by atoms with Gasteiger partial charge in [-0.3, -0.25) is 4.90 Å². The van der Waals surface area contributed by atoms with Crippen LogP contribution >= 0.6 is 0 Å². The predicted octanol–water partition coefficient (Wildman–Crippen LogP) is 3.21. The molecule has 1 heterocycles. The first-order valence-corrected chi connectivity index (χ1v) is 7.86. The molecule has 0 saturated carbocycles. The summed E-state index contributed by atoms with van der Waals surface area (Å²) in [4.78, 5) is 2.66. The van der Waals surface area contributed by atoms with E-state index >= 15 is 0 Å². The number of hydrogen-bond acceptors (Lipinski definition) is 2. The molecule has 1 saturated heterocycles. The van der Waals surface area contributed by atoms with Gasteiger partial charge in [0.15, 0.2) is 0 Å². The zero-order valence-corrected chi connectivity index (χ0v) is 12.5. The zero-order valence-electron chi connectivity index (χ0n) is 12.5. The largest absolute Gasteiger partial charge is 0.315 e. The van der Waals surface area contributed by atoms with Gasteiger partial charge in [-0.2, -0.15) is 0 Å². The maximum absolute atomic E-state index is 3.51. The lowest BCUT2D eigenvalue weighted by Crippen LogP contribution is -2.44. The van der Waals surface area contributed by atoms with Crippen LogP contribution in [-0.4, -0.2) is 30.6 Å². The highest BCUT2D eigenvalue weighted by Gasteiger charge is 2.21. The van der Waals surface area contributed by atoms with Gasteiger partial charge in [-0.15, -0.1) is 0 Å². The first-order valence-electron chi connectivity index (χ1n) is 7.86. The minimum Gasteiger partial charge on any atom is -0.315 e. The molecule has 1 aromatic rings. The number of nitrogens with zero attached hydrogens (tertiary/aromatic N) is 1. The molecule has 1 N–H and O–H groups in total. The summed E-state index contributed by atoms with van der Waals surface area (Å²) in [6.45, 7) is 8.99. The SMILES string of the molecule is CCNCC1CCCCN1Cc1ccc(CC)cc1. The normalized spacial score (nSPS) is 20.6. The van der Waals surface area contributed by atoms with Crippen LogP contribution in [0.25, 0.3) is 0 Å². The highest BCUT2D eigenvalue weighted by molar-refractivity contribution is 5.22. The number of nitrogens with one attached hydrogen (secondary N) is 1. The minimum absolute atomic E-state index is 0.722. The molecule has 0 aliphatic carbocycles. The topological polar surface area (TPSA) is 15.3 Å². The van der Waals surface area contributed by atoms with Crippen molar-refractivity contribution in [2.24, 2.45) is 0 Å². The fourth-order valence-electron chi connectivity index (χ4n) is 2.93. The van der Waals surface area contributed by atoms with Gasteiger partial charge in [-0.25, -0.2) is 0 Å². The Kier molecular flexibility index (Phi) is 5.87. The van der Waals surface area contributed by atoms with Crippen molar-refractivity contribution in [1.82, 2.24) is 10.2 Å². The molecular formula is C17H28N2. The van der Waals surface area contributed by atoms with Gasteiger partial charge in [0.05, 0.1) is 0 Å². The fraction of sp³-hybridized carbons (Fsp3) is 0.647. The van der Waals surface area contributed by atoms with Crippen LogP contribution in [0, 0.1) is 0 Å². The molecule has 0 amide bonds. The summed E-state index contributed by atoms with van der Waals surface area (Å²) in [7, 11) is 0. The fourth-order valence-corrected chi connectivity index (χ4v) is 2.93. The van der Waals surface area contributed by atoms with Crippen molar-refractivity contribution in [3.63, 3.8) is 0 Å².